The van der Waals surface area contributed by atoms with Gasteiger partial charge in [0, 0.05) is 11.1 Å². The molecule has 4 nitrogen and oxygen atoms in total. The van der Waals surface area contributed by atoms with E-state index in [9.17, 15) is 4.79 Å². The molecule has 0 saturated carbocycles. The van der Waals surface area contributed by atoms with Gasteiger partial charge in [-0.2, -0.15) is 5.10 Å². The van der Waals surface area contributed by atoms with Crippen LogP contribution in [0.3, 0.4) is 0 Å². The summed E-state index contributed by atoms with van der Waals surface area (Å²) in [4.78, 5) is 12.1. The smallest absolute Gasteiger partial charge is 0.269 e. The van der Waals surface area contributed by atoms with Gasteiger partial charge in [-0.25, -0.2) is 5.10 Å². The number of aromatic amines is 1. The SMILES string of the molecule is CCc1ccc(C(N)c2cc(-c3ccccc3)n[nH]c2=O)cc1. The molecule has 4 heteroatoms. The van der Waals surface area contributed by atoms with E-state index in [1.807, 2.05) is 54.6 Å². The molecular formula is C19H19N3O. The minimum absolute atomic E-state index is 0.253. The van der Waals surface area contributed by atoms with E-state index in [2.05, 4.69) is 17.1 Å². The summed E-state index contributed by atoms with van der Waals surface area (Å²) in [7, 11) is 0. The lowest BCUT2D eigenvalue weighted by molar-refractivity contribution is 0.826. The number of rotatable bonds is 4. The first-order valence-corrected chi connectivity index (χ1v) is 7.68. The molecule has 3 N–H and O–H groups in total. The van der Waals surface area contributed by atoms with Gasteiger partial charge >= 0.3 is 0 Å². The number of hydrogen-bond donors (Lipinski definition) is 2. The minimum atomic E-state index is -0.477. The summed E-state index contributed by atoms with van der Waals surface area (Å²) in [6, 6.07) is 19.1. The third kappa shape index (κ3) is 3.22. The summed E-state index contributed by atoms with van der Waals surface area (Å²) < 4.78 is 0. The standard InChI is InChI=1S/C19H19N3O/c1-2-13-8-10-15(11-9-13)18(20)16-12-17(21-22-19(16)23)14-6-4-3-5-7-14/h3-12,18H,2,20H2,1H3,(H,22,23). The van der Waals surface area contributed by atoms with E-state index >= 15 is 0 Å². The summed E-state index contributed by atoms with van der Waals surface area (Å²) in [6.45, 7) is 2.11. The fourth-order valence-corrected chi connectivity index (χ4v) is 2.55. The Morgan fingerprint density at radius 2 is 1.78 bits per heavy atom. The molecule has 0 fully saturated rings. The predicted octanol–water partition coefficient (Wildman–Crippen LogP) is 3.05. The zero-order valence-corrected chi connectivity index (χ0v) is 13.0. The summed E-state index contributed by atoms with van der Waals surface area (Å²) in [5.74, 6) is 0. The molecule has 0 bridgehead atoms. The average Bonchev–Trinajstić information content (AvgIpc) is 2.62. The van der Waals surface area contributed by atoms with Crippen LogP contribution >= 0.6 is 0 Å². The van der Waals surface area contributed by atoms with Crippen LogP contribution in [-0.4, -0.2) is 10.2 Å². The highest BCUT2D eigenvalue weighted by Gasteiger charge is 2.14. The highest BCUT2D eigenvalue weighted by molar-refractivity contribution is 5.59. The Hall–Kier alpha value is -2.72. The lowest BCUT2D eigenvalue weighted by Gasteiger charge is -2.13. The van der Waals surface area contributed by atoms with Crippen molar-refractivity contribution in [2.24, 2.45) is 5.73 Å². The predicted molar refractivity (Wildman–Crippen MR) is 92.1 cm³/mol. The van der Waals surface area contributed by atoms with Crippen molar-refractivity contribution in [1.29, 1.82) is 0 Å². The van der Waals surface area contributed by atoms with Crippen molar-refractivity contribution in [3.8, 4) is 11.3 Å². The van der Waals surface area contributed by atoms with Gasteiger partial charge in [-0.05, 0) is 23.6 Å². The Morgan fingerprint density at radius 1 is 1.09 bits per heavy atom. The van der Waals surface area contributed by atoms with Crippen LogP contribution in [0.1, 0.15) is 29.7 Å². The van der Waals surface area contributed by atoms with E-state index in [-0.39, 0.29) is 5.56 Å². The van der Waals surface area contributed by atoms with Gasteiger partial charge in [0.25, 0.3) is 5.56 Å². The van der Waals surface area contributed by atoms with E-state index in [4.69, 9.17) is 5.73 Å². The molecule has 0 saturated heterocycles. The number of H-pyrrole nitrogens is 1. The lowest BCUT2D eigenvalue weighted by Crippen LogP contribution is -2.23. The van der Waals surface area contributed by atoms with Crippen LogP contribution in [0.25, 0.3) is 11.3 Å². The number of hydrogen-bond acceptors (Lipinski definition) is 3. The van der Waals surface area contributed by atoms with E-state index in [0.29, 0.717) is 11.3 Å². The van der Waals surface area contributed by atoms with Crippen molar-refractivity contribution in [3.63, 3.8) is 0 Å². The van der Waals surface area contributed by atoms with Gasteiger partial charge in [0.1, 0.15) is 0 Å². The Balaban J connectivity index is 1.99. The van der Waals surface area contributed by atoms with Crippen molar-refractivity contribution in [1.82, 2.24) is 10.2 Å². The van der Waals surface area contributed by atoms with Crippen LogP contribution in [0.2, 0.25) is 0 Å². The van der Waals surface area contributed by atoms with E-state index in [1.165, 1.54) is 5.56 Å². The molecule has 0 spiro atoms. The van der Waals surface area contributed by atoms with Gasteiger partial charge in [0.15, 0.2) is 0 Å². The first-order valence-electron chi connectivity index (χ1n) is 7.68. The Kier molecular flexibility index (Phi) is 4.35. The fraction of sp³-hybridized carbons (Fsp3) is 0.158. The second kappa shape index (κ2) is 6.58. The zero-order valence-electron chi connectivity index (χ0n) is 13.0. The lowest BCUT2D eigenvalue weighted by atomic mass is 9.98. The van der Waals surface area contributed by atoms with Crippen LogP contribution in [0.15, 0.2) is 65.5 Å². The summed E-state index contributed by atoms with van der Waals surface area (Å²) in [5, 5.41) is 6.67. The molecule has 116 valence electrons. The van der Waals surface area contributed by atoms with Crippen LogP contribution in [0.5, 0.6) is 0 Å². The Labute approximate surface area is 135 Å². The first kappa shape index (κ1) is 15.2. The average molecular weight is 305 g/mol. The molecule has 1 heterocycles. The summed E-state index contributed by atoms with van der Waals surface area (Å²) >= 11 is 0. The number of aromatic nitrogens is 2. The Morgan fingerprint density at radius 3 is 2.43 bits per heavy atom. The first-order chi connectivity index (χ1) is 11.2. The normalized spacial score (nSPS) is 12.1. The van der Waals surface area contributed by atoms with E-state index in [0.717, 1.165) is 17.5 Å². The van der Waals surface area contributed by atoms with Crippen LogP contribution in [0, 0.1) is 0 Å². The molecule has 1 atom stereocenters. The summed E-state index contributed by atoms with van der Waals surface area (Å²) in [6.07, 6.45) is 0.976. The maximum absolute atomic E-state index is 12.1. The van der Waals surface area contributed by atoms with Crippen molar-refractivity contribution in [2.45, 2.75) is 19.4 Å². The molecule has 0 amide bonds. The second-order valence-electron chi connectivity index (χ2n) is 5.48. The van der Waals surface area contributed by atoms with Gasteiger partial charge in [-0.3, -0.25) is 4.79 Å². The van der Waals surface area contributed by atoms with Crippen molar-refractivity contribution in [3.05, 3.63) is 87.7 Å². The second-order valence-corrected chi connectivity index (χ2v) is 5.48. The number of benzene rings is 2. The molecule has 3 aromatic rings. The Bertz CT molecular complexity index is 838. The molecule has 1 unspecified atom stereocenters. The third-order valence-corrected chi connectivity index (χ3v) is 3.98. The van der Waals surface area contributed by atoms with Gasteiger partial charge in [0.2, 0.25) is 0 Å². The topological polar surface area (TPSA) is 71.8 Å². The van der Waals surface area contributed by atoms with Crippen molar-refractivity contribution in [2.75, 3.05) is 0 Å². The molecule has 0 aliphatic heterocycles. The minimum Gasteiger partial charge on any atom is -0.320 e. The molecule has 2 aromatic carbocycles. The summed E-state index contributed by atoms with van der Waals surface area (Å²) in [5.41, 5.74) is 10.4. The van der Waals surface area contributed by atoms with E-state index < -0.39 is 6.04 Å². The number of nitrogens with zero attached hydrogens (tertiary/aromatic N) is 1. The van der Waals surface area contributed by atoms with Gasteiger partial charge in [-0.15, -0.1) is 0 Å². The van der Waals surface area contributed by atoms with Crippen LogP contribution < -0.4 is 11.3 Å². The van der Waals surface area contributed by atoms with Crippen LogP contribution in [-0.2, 0) is 6.42 Å². The maximum atomic E-state index is 12.1. The van der Waals surface area contributed by atoms with Gasteiger partial charge in [0.05, 0.1) is 11.7 Å². The molecule has 1 aromatic heterocycles. The molecular weight excluding hydrogens is 286 g/mol. The van der Waals surface area contributed by atoms with Crippen LogP contribution in [0.4, 0.5) is 0 Å². The van der Waals surface area contributed by atoms with E-state index in [1.54, 1.807) is 6.07 Å². The largest absolute Gasteiger partial charge is 0.320 e. The molecule has 23 heavy (non-hydrogen) atoms. The highest BCUT2D eigenvalue weighted by atomic mass is 16.1. The fourth-order valence-electron chi connectivity index (χ4n) is 2.55. The number of nitrogens with one attached hydrogen (secondary N) is 1. The molecule has 0 aliphatic carbocycles. The maximum Gasteiger partial charge on any atom is 0.269 e. The highest BCUT2D eigenvalue weighted by Crippen LogP contribution is 2.21. The monoisotopic (exact) mass is 305 g/mol. The van der Waals surface area contributed by atoms with Gasteiger partial charge in [-0.1, -0.05) is 61.5 Å². The van der Waals surface area contributed by atoms with Gasteiger partial charge < -0.3 is 5.73 Å². The number of nitrogens with two attached hydrogens (primary N) is 1. The molecule has 3 rings (SSSR count). The third-order valence-electron chi connectivity index (χ3n) is 3.98. The molecule has 0 aliphatic rings. The molecule has 0 radical (unpaired) electrons. The zero-order chi connectivity index (χ0) is 16.2. The quantitative estimate of drug-likeness (QED) is 0.778. The number of aryl methyl sites for hydroxylation is 1. The van der Waals surface area contributed by atoms with Crippen molar-refractivity contribution < 1.29 is 0 Å². The van der Waals surface area contributed by atoms with Crippen molar-refractivity contribution >= 4 is 0 Å².